The van der Waals surface area contributed by atoms with Crippen molar-refractivity contribution in [2.24, 2.45) is 0 Å². The molecule has 0 aliphatic carbocycles. The number of anilines is 3. The van der Waals surface area contributed by atoms with Crippen molar-refractivity contribution in [3.63, 3.8) is 0 Å². The number of hydrogen-bond donors (Lipinski definition) is 1. The highest BCUT2D eigenvalue weighted by atomic mass is 35.5. The van der Waals surface area contributed by atoms with Crippen molar-refractivity contribution in [2.45, 2.75) is 19.3 Å². The van der Waals surface area contributed by atoms with Crippen molar-refractivity contribution in [1.82, 2.24) is 10.3 Å². The van der Waals surface area contributed by atoms with Gasteiger partial charge in [-0.05, 0) is 48.5 Å². The van der Waals surface area contributed by atoms with E-state index in [1.807, 2.05) is 0 Å². The van der Waals surface area contributed by atoms with E-state index in [2.05, 4.69) is 10.3 Å². The van der Waals surface area contributed by atoms with E-state index in [0.717, 1.165) is 12.1 Å². The molecule has 1 aliphatic heterocycles. The number of alkyl halides is 3. The molecule has 3 aromatic rings. The van der Waals surface area contributed by atoms with Gasteiger partial charge in [0.25, 0.3) is 5.91 Å². The predicted octanol–water partition coefficient (Wildman–Crippen LogP) is 5.02. The fourth-order valence-corrected chi connectivity index (χ4v) is 3.98. The lowest BCUT2D eigenvalue weighted by molar-refractivity contribution is -0.137. The lowest BCUT2D eigenvalue weighted by Crippen LogP contribution is -2.52. The molecule has 0 unspecified atom stereocenters. The van der Waals surface area contributed by atoms with Gasteiger partial charge in [-0.15, -0.1) is 0 Å². The molecule has 35 heavy (non-hydrogen) atoms. The largest absolute Gasteiger partial charge is 0.486 e. The Hall–Kier alpha value is -3.79. The first-order valence-electron chi connectivity index (χ1n) is 10.5. The van der Waals surface area contributed by atoms with Crippen LogP contribution in [-0.2, 0) is 11.0 Å². The van der Waals surface area contributed by atoms with Gasteiger partial charge < -0.3 is 15.0 Å². The van der Waals surface area contributed by atoms with Gasteiger partial charge in [-0.25, -0.2) is 4.98 Å². The summed E-state index contributed by atoms with van der Waals surface area (Å²) in [4.78, 5) is 32.4. The van der Waals surface area contributed by atoms with Gasteiger partial charge in [0.2, 0.25) is 5.91 Å². The van der Waals surface area contributed by atoms with Crippen LogP contribution in [0.15, 0.2) is 60.8 Å². The van der Waals surface area contributed by atoms with E-state index in [9.17, 15) is 22.8 Å². The van der Waals surface area contributed by atoms with Crippen molar-refractivity contribution in [1.29, 1.82) is 0 Å². The normalized spacial score (nSPS) is 15.1. The second-order valence-electron chi connectivity index (χ2n) is 7.77. The first-order chi connectivity index (χ1) is 16.6. The maximum atomic E-state index is 13.4. The van der Waals surface area contributed by atoms with Crippen molar-refractivity contribution >= 4 is 40.6 Å². The fraction of sp³-hybridized carbons (Fsp3) is 0.208. The molecule has 0 radical (unpaired) electrons. The molecule has 0 spiro atoms. The van der Waals surface area contributed by atoms with Crippen molar-refractivity contribution in [3.8, 4) is 5.75 Å². The van der Waals surface area contributed by atoms with Crippen LogP contribution in [0, 0.1) is 0 Å². The zero-order valence-electron chi connectivity index (χ0n) is 18.6. The summed E-state index contributed by atoms with van der Waals surface area (Å²) in [6.45, 7) is 1.36. The number of hydrogen-bond acceptors (Lipinski definition) is 5. The smallest absolute Gasteiger partial charge is 0.416 e. The van der Waals surface area contributed by atoms with E-state index in [0.29, 0.717) is 16.5 Å². The number of halogens is 4. The van der Waals surface area contributed by atoms with Gasteiger partial charge in [0.15, 0.2) is 11.6 Å². The maximum Gasteiger partial charge on any atom is 0.416 e. The summed E-state index contributed by atoms with van der Waals surface area (Å²) in [6.07, 6.45) is -3.58. The average Bonchev–Trinajstić information content (AvgIpc) is 2.82. The highest BCUT2D eigenvalue weighted by Crippen LogP contribution is 2.42. The third-order valence-corrected chi connectivity index (χ3v) is 5.70. The maximum absolute atomic E-state index is 13.4. The quantitative estimate of drug-likeness (QED) is 0.540. The van der Waals surface area contributed by atoms with E-state index < -0.39 is 23.8 Å². The van der Waals surface area contributed by atoms with E-state index >= 15 is 0 Å². The van der Waals surface area contributed by atoms with Crippen LogP contribution >= 0.6 is 11.6 Å². The Morgan fingerprint density at radius 2 is 1.86 bits per heavy atom. The molecule has 1 aromatic heterocycles. The second kappa shape index (κ2) is 9.46. The molecule has 1 N–H and O–H groups in total. The molecule has 7 nitrogen and oxygen atoms in total. The standard InChI is InChI=1S/C24H20ClF3N4O3/c1-14(33)30-20-13-35-21-17(5-3-7-19(21)32(20)22-18(25)6-4-12-29-22)23(34)31(2)16-10-8-15(9-11-16)24(26,27)28/h3-12,20H,13H2,1-2H3,(H,30,33)/t20-/m0/s1. The summed E-state index contributed by atoms with van der Waals surface area (Å²) < 4.78 is 44.6. The van der Waals surface area contributed by atoms with E-state index in [-0.39, 0.29) is 29.5 Å². The van der Waals surface area contributed by atoms with Crippen LogP contribution in [0.3, 0.4) is 0 Å². The van der Waals surface area contributed by atoms with Gasteiger partial charge in [0.1, 0.15) is 12.8 Å². The molecule has 182 valence electrons. The van der Waals surface area contributed by atoms with Gasteiger partial charge in [-0.2, -0.15) is 13.2 Å². The number of carbonyl (C=O) groups is 2. The van der Waals surface area contributed by atoms with Gasteiger partial charge in [0, 0.05) is 25.9 Å². The molecule has 0 saturated carbocycles. The third-order valence-electron chi connectivity index (χ3n) is 5.41. The molecule has 1 aliphatic rings. The highest BCUT2D eigenvalue weighted by molar-refractivity contribution is 6.33. The number of pyridine rings is 1. The van der Waals surface area contributed by atoms with E-state index in [1.165, 1.54) is 31.0 Å². The summed E-state index contributed by atoms with van der Waals surface area (Å²) in [6, 6.07) is 12.5. The van der Waals surface area contributed by atoms with Crippen LogP contribution in [0.25, 0.3) is 0 Å². The van der Waals surface area contributed by atoms with Gasteiger partial charge >= 0.3 is 6.18 Å². The van der Waals surface area contributed by atoms with Gasteiger partial charge in [0.05, 0.1) is 21.8 Å². The Labute approximate surface area is 204 Å². The van der Waals surface area contributed by atoms with Gasteiger partial charge in [-0.3, -0.25) is 14.5 Å². The lowest BCUT2D eigenvalue weighted by atomic mass is 10.1. The predicted molar refractivity (Wildman–Crippen MR) is 125 cm³/mol. The minimum atomic E-state index is -4.48. The Morgan fingerprint density at radius 3 is 2.49 bits per heavy atom. The second-order valence-corrected chi connectivity index (χ2v) is 8.18. The number of aromatic nitrogens is 1. The molecule has 4 rings (SSSR count). The van der Waals surface area contributed by atoms with Crippen LogP contribution in [0.5, 0.6) is 5.75 Å². The number of ether oxygens (including phenoxy) is 1. The number of nitrogens with zero attached hydrogens (tertiary/aromatic N) is 3. The Balaban J connectivity index is 1.73. The summed E-state index contributed by atoms with van der Waals surface area (Å²) >= 11 is 6.39. The molecule has 1 atom stereocenters. The molecule has 11 heteroatoms. The zero-order valence-corrected chi connectivity index (χ0v) is 19.4. The summed E-state index contributed by atoms with van der Waals surface area (Å²) in [5.41, 5.74) is 0.0945. The van der Waals surface area contributed by atoms with Crippen LogP contribution in [0.2, 0.25) is 5.02 Å². The summed E-state index contributed by atoms with van der Waals surface area (Å²) in [7, 11) is 1.46. The van der Waals surface area contributed by atoms with Crippen LogP contribution in [0.4, 0.5) is 30.4 Å². The minimum absolute atomic E-state index is 0.00618. The van der Waals surface area contributed by atoms with Crippen LogP contribution in [-0.4, -0.2) is 36.6 Å². The number of nitrogens with one attached hydrogen (secondary N) is 1. The number of fused-ring (bicyclic) bond motifs is 1. The van der Waals surface area contributed by atoms with Crippen molar-refractivity contribution in [2.75, 3.05) is 23.5 Å². The number of rotatable bonds is 4. The van der Waals surface area contributed by atoms with E-state index in [1.54, 1.807) is 41.4 Å². The van der Waals surface area contributed by atoms with Gasteiger partial charge in [-0.1, -0.05) is 17.7 Å². The van der Waals surface area contributed by atoms with Crippen LogP contribution in [0.1, 0.15) is 22.8 Å². The molecule has 2 amide bonds. The first-order valence-corrected chi connectivity index (χ1v) is 10.8. The molecule has 0 bridgehead atoms. The lowest BCUT2D eigenvalue weighted by Gasteiger charge is -2.38. The number of carbonyl (C=O) groups excluding carboxylic acids is 2. The first kappa shape index (κ1) is 24.3. The Bertz CT molecular complexity index is 1270. The third kappa shape index (κ3) is 4.88. The number of benzene rings is 2. The highest BCUT2D eigenvalue weighted by Gasteiger charge is 2.35. The number of amides is 2. The average molecular weight is 505 g/mol. The van der Waals surface area contributed by atoms with Crippen LogP contribution < -0.4 is 19.9 Å². The zero-order chi connectivity index (χ0) is 25.3. The molecule has 0 saturated heterocycles. The summed E-state index contributed by atoms with van der Waals surface area (Å²) in [5.74, 6) is -0.197. The minimum Gasteiger partial charge on any atom is -0.486 e. The Kier molecular flexibility index (Phi) is 6.58. The molecular formula is C24H20ClF3N4O3. The Morgan fingerprint density at radius 1 is 1.14 bits per heavy atom. The summed E-state index contributed by atoms with van der Waals surface area (Å²) in [5, 5.41) is 3.12. The fourth-order valence-electron chi connectivity index (χ4n) is 3.77. The SMILES string of the molecule is CC(=O)N[C@@H]1COc2c(C(=O)N(C)c3ccc(C(F)(F)F)cc3)cccc2N1c1ncccc1Cl. The molecule has 0 fully saturated rings. The van der Waals surface area contributed by atoms with Crippen molar-refractivity contribution < 1.29 is 27.5 Å². The topological polar surface area (TPSA) is 74.8 Å². The monoisotopic (exact) mass is 504 g/mol. The number of para-hydroxylation sites is 1. The molecular weight excluding hydrogens is 485 g/mol. The van der Waals surface area contributed by atoms with Crippen molar-refractivity contribution in [3.05, 3.63) is 76.9 Å². The van der Waals surface area contributed by atoms with E-state index in [4.69, 9.17) is 16.3 Å². The molecule has 2 aromatic carbocycles. The molecule has 2 heterocycles.